The summed E-state index contributed by atoms with van der Waals surface area (Å²) in [6.07, 6.45) is 1.43. The van der Waals surface area contributed by atoms with Crippen LogP contribution in [0.5, 0.6) is 0 Å². The van der Waals surface area contributed by atoms with Crippen molar-refractivity contribution in [1.82, 2.24) is 4.98 Å². The van der Waals surface area contributed by atoms with Crippen LogP contribution < -0.4 is 5.43 Å². The molecule has 0 spiro atoms. The van der Waals surface area contributed by atoms with E-state index < -0.39 is 5.97 Å². The van der Waals surface area contributed by atoms with Crippen LogP contribution in [0.1, 0.15) is 17.3 Å². The highest BCUT2D eigenvalue weighted by atomic mass is 32.2. The minimum atomic E-state index is -0.576. The molecule has 3 rings (SSSR count). The summed E-state index contributed by atoms with van der Waals surface area (Å²) in [4.78, 5) is 29.3. The third-order valence-electron chi connectivity index (χ3n) is 2.87. The average molecular weight is 293 g/mol. The summed E-state index contributed by atoms with van der Waals surface area (Å²) < 4.78 is 4.88. The highest BCUT2D eigenvalue weighted by Gasteiger charge is 2.18. The molecule has 1 N–H and O–H groups in total. The molecule has 0 saturated carbocycles. The van der Waals surface area contributed by atoms with Gasteiger partial charge in [-0.05, 0) is 19.1 Å². The van der Waals surface area contributed by atoms with E-state index in [4.69, 9.17) is 4.74 Å². The number of ether oxygens (including phenoxy) is 1. The van der Waals surface area contributed by atoms with E-state index in [1.165, 1.54) is 11.1 Å². The van der Waals surface area contributed by atoms with Gasteiger partial charge in [-0.15, -0.1) is 23.5 Å². The summed E-state index contributed by atoms with van der Waals surface area (Å²) in [5.74, 6) is -0.576. The monoisotopic (exact) mass is 293 g/mol. The molecule has 0 atom stereocenters. The minimum Gasteiger partial charge on any atom is -0.462 e. The Hall–Kier alpha value is -1.40. The van der Waals surface area contributed by atoms with Crippen molar-refractivity contribution in [1.29, 1.82) is 0 Å². The second-order valence-electron chi connectivity index (χ2n) is 4.00. The number of carbonyl (C=O) groups is 1. The Morgan fingerprint density at radius 3 is 2.84 bits per heavy atom. The molecule has 0 bridgehead atoms. The normalized spacial score (nSPS) is 13.5. The zero-order valence-corrected chi connectivity index (χ0v) is 11.8. The van der Waals surface area contributed by atoms with E-state index in [9.17, 15) is 9.59 Å². The van der Waals surface area contributed by atoms with E-state index in [1.807, 2.05) is 12.1 Å². The number of aromatic nitrogens is 1. The highest BCUT2D eigenvalue weighted by molar-refractivity contribution is 8.18. The van der Waals surface area contributed by atoms with Gasteiger partial charge in [0.2, 0.25) is 5.43 Å². The lowest BCUT2D eigenvalue weighted by Crippen LogP contribution is -2.18. The van der Waals surface area contributed by atoms with Crippen molar-refractivity contribution >= 4 is 40.4 Å². The van der Waals surface area contributed by atoms with Gasteiger partial charge >= 0.3 is 5.97 Å². The molecule has 0 amide bonds. The Labute approximate surface area is 117 Å². The van der Waals surface area contributed by atoms with E-state index in [-0.39, 0.29) is 17.6 Å². The predicted octanol–water partition coefficient (Wildman–Crippen LogP) is 2.86. The maximum Gasteiger partial charge on any atom is 0.343 e. The third kappa shape index (κ3) is 2.15. The number of benzene rings is 1. The summed E-state index contributed by atoms with van der Waals surface area (Å²) in [7, 11) is 0. The lowest BCUT2D eigenvalue weighted by atomic mass is 10.1. The number of hydrogen-bond donors (Lipinski definition) is 1. The van der Waals surface area contributed by atoms with Crippen LogP contribution in [0.4, 0.5) is 0 Å². The van der Waals surface area contributed by atoms with Gasteiger partial charge in [0.1, 0.15) is 5.56 Å². The van der Waals surface area contributed by atoms with E-state index in [0.29, 0.717) is 5.39 Å². The fourth-order valence-electron chi connectivity index (χ4n) is 1.97. The molecule has 1 aliphatic heterocycles. The van der Waals surface area contributed by atoms with Crippen LogP contribution in [-0.4, -0.2) is 22.6 Å². The fourth-order valence-corrected chi connectivity index (χ4v) is 4.38. The van der Waals surface area contributed by atoms with Crippen LogP contribution >= 0.6 is 23.5 Å². The van der Waals surface area contributed by atoms with Crippen molar-refractivity contribution in [2.75, 3.05) is 11.7 Å². The molecular formula is C13H11NO3S2. The number of pyridine rings is 1. The summed E-state index contributed by atoms with van der Waals surface area (Å²) in [5.41, 5.74) is 0.546. The number of thioether (sulfide) groups is 2. The molecule has 4 nitrogen and oxygen atoms in total. The fraction of sp³-hybridized carbons (Fsp3) is 0.231. The number of carbonyl (C=O) groups excluding carboxylic acids is 1. The molecular weight excluding hydrogens is 282 g/mol. The number of rotatable bonds is 2. The average Bonchev–Trinajstić information content (AvgIpc) is 2.84. The molecule has 6 heteroatoms. The van der Waals surface area contributed by atoms with Gasteiger partial charge in [0, 0.05) is 26.5 Å². The number of hydrogen-bond acceptors (Lipinski definition) is 5. The summed E-state index contributed by atoms with van der Waals surface area (Å²) in [6, 6.07) is 3.82. The summed E-state index contributed by atoms with van der Waals surface area (Å²) in [6.45, 7) is 1.97. The SMILES string of the molecule is CCOC(=O)c1c[nH]c2cc3c(cc2c1=O)SCS3. The van der Waals surface area contributed by atoms with Gasteiger partial charge in [-0.3, -0.25) is 4.79 Å². The smallest absolute Gasteiger partial charge is 0.343 e. The molecule has 0 aliphatic carbocycles. The van der Waals surface area contributed by atoms with Crippen LogP contribution in [0.3, 0.4) is 0 Å². The van der Waals surface area contributed by atoms with E-state index in [2.05, 4.69) is 4.98 Å². The van der Waals surface area contributed by atoms with Crippen LogP contribution in [0.2, 0.25) is 0 Å². The topological polar surface area (TPSA) is 59.2 Å². The van der Waals surface area contributed by atoms with Crippen molar-refractivity contribution < 1.29 is 9.53 Å². The molecule has 0 unspecified atom stereocenters. The molecule has 1 aromatic carbocycles. The first-order valence-electron chi connectivity index (χ1n) is 5.83. The van der Waals surface area contributed by atoms with Crippen molar-refractivity contribution in [2.45, 2.75) is 16.7 Å². The molecule has 0 fully saturated rings. The van der Waals surface area contributed by atoms with Gasteiger partial charge < -0.3 is 9.72 Å². The first kappa shape index (κ1) is 12.6. The molecule has 2 aromatic rings. The third-order valence-corrected chi connectivity index (χ3v) is 5.24. The number of fused-ring (bicyclic) bond motifs is 2. The minimum absolute atomic E-state index is 0.0601. The van der Waals surface area contributed by atoms with E-state index in [1.54, 1.807) is 30.4 Å². The van der Waals surface area contributed by atoms with Crippen molar-refractivity contribution in [3.63, 3.8) is 0 Å². The number of H-pyrrole nitrogens is 1. The summed E-state index contributed by atoms with van der Waals surface area (Å²) in [5, 5.41) is 1.50. The van der Waals surface area contributed by atoms with Crippen LogP contribution in [0.25, 0.3) is 10.9 Å². The van der Waals surface area contributed by atoms with E-state index >= 15 is 0 Å². The Kier molecular flexibility index (Phi) is 3.28. The van der Waals surface area contributed by atoms with Gasteiger partial charge in [0.05, 0.1) is 12.1 Å². The van der Waals surface area contributed by atoms with Crippen LogP contribution in [0.15, 0.2) is 32.9 Å². The first-order valence-corrected chi connectivity index (χ1v) is 7.80. The van der Waals surface area contributed by atoms with E-state index in [0.717, 1.165) is 15.5 Å². The quantitative estimate of drug-likeness (QED) is 0.863. The Balaban J connectivity index is 2.19. The molecule has 0 radical (unpaired) electrons. The second kappa shape index (κ2) is 4.94. The zero-order chi connectivity index (χ0) is 13.4. The van der Waals surface area contributed by atoms with Gasteiger partial charge in [-0.1, -0.05) is 0 Å². The van der Waals surface area contributed by atoms with Crippen molar-refractivity contribution in [2.24, 2.45) is 0 Å². The van der Waals surface area contributed by atoms with Gasteiger partial charge in [-0.2, -0.15) is 0 Å². The Morgan fingerprint density at radius 2 is 2.11 bits per heavy atom. The molecule has 0 saturated heterocycles. The maximum absolute atomic E-state index is 12.3. The lowest BCUT2D eigenvalue weighted by molar-refractivity contribution is 0.0524. The van der Waals surface area contributed by atoms with Gasteiger partial charge in [-0.25, -0.2) is 4.79 Å². The van der Waals surface area contributed by atoms with Gasteiger partial charge in [0.15, 0.2) is 0 Å². The standard InChI is InChI=1S/C13H11NO3S2/c1-2-17-13(16)8-5-14-9-4-11-10(18-6-19-11)3-7(9)12(8)15/h3-5H,2,6H2,1H3,(H,14,15). The highest BCUT2D eigenvalue weighted by Crippen LogP contribution is 2.42. The number of nitrogens with one attached hydrogen (secondary N) is 1. The molecule has 1 aliphatic rings. The van der Waals surface area contributed by atoms with Gasteiger partial charge in [0.25, 0.3) is 0 Å². The number of aromatic amines is 1. The maximum atomic E-state index is 12.3. The lowest BCUT2D eigenvalue weighted by Gasteiger charge is -2.05. The number of esters is 1. The Morgan fingerprint density at radius 1 is 1.37 bits per heavy atom. The molecule has 98 valence electrons. The van der Waals surface area contributed by atoms with Crippen LogP contribution in [-0.2, 0) is 4.74 Å². The van der Waals surface area contributed by atoms with Crippen LogP contribution in [0, 0.1) is 0 Å². The largest absolute Gasteiger partial charge is 0.462 e. The first-order chi connectivity index (χ1) is 9.20. The second-order valence-corrected chi connectivity index (χ2v) is 6.40. The zero-order valence-electron chi connectivity index (χ0n) is 10.2. The molecule has 2 heterocycles. The molecule has 1 aromatic heterocycles. The molecule has 19 heavy (non-hydrogen) atoms. The Bertz CT molecular complexity index is 724. The van der Waals surface area contributed by atoms with Crippen molar-refractivity contribution in [3.05, 3.63) is 34.1 Å². The predicted molar refractivity (Wildman–Crippen MR) is 77.1 cm³/mol. The summed E-state index contributed by atoms with van der Waals surface area (Å²) >= 11 is 3.47. The van der Waals surface area contributed by atoms with Crippen molar-refractivity contribution in [3.8, 4) is 0 Å².